The van der Waals surface area contributed by atoms with Gasteiger partial charge in [-0.3, -0.25) is 4.79 Å². The van der Waals surface area contributed by atoms with Gasteiger partial charge in [-0.1, -0.05) is 24.3 Å². The summed E-state index contributed by atoms with van der Waals surface area (Å²) >= 11 is 0. The average Bonchev–Trinajstić information content (AvgIpc) is 2.60. The number of hydrogen-bond acceptors (Lipinski definition) is 2. The molecule has 1 heterocycles. The molecule has 26 heavy (non-hydrogen) atoms. The number of aryl methyl sites for hydroxylation is 1. The van der Waals surface area contributed by atoms with E-state index in [0.717, 1.165) is 37.1 Å². The third kappa shape index (κ3) is 4.36. The summed E-state index contributed by atoms with van der Waals surface area (Å²) in [7, 11) is 2.07. The van der Waals surface area contributed by atoms with Gasteiger partial charge in [0.25, 0.3) is 0 Å². The Kier molecular flexibility index (Phi) is 5.20. The largest absolute Gasteiger partial charge is 0.416 e. The van der Waals surface area contributed by atoms with Crippen molar-refractivity contribution in [3.05, 3.63) is 64.7 Å². The summed E-state index contributed by atoms with van der Waals surface area (Å²) < 4.78 is 37.7. The van der Waals surface area contributed by atoms with Gasteiger partial charge in [0.05, 0.1) is 12.0 Å². The lowest BCUT2D eigenvalue weighted by molar-refractivity contribution is -0.137. The quantitative estimate of drug-likeness (QED) is 0.893. The van der Waals surface area contributed by atoms with Crippen LogP contribution in [0.3, 0.4) is 0 Å². The lowest BCUT2D eigenvalue weighted by Crippen LogP contribution is -2.26. The summed E-state index contributed by atoms with van der Waals surface area (Å²) in [6.45, 7) is 1.46. The van der Waals surface area contributed by atoms with E-state index in [2.05, 4.69) is 29.4 Å². The van der Waals surface area contributed by atoms with Gasteiger partial charge in [0.1, 0.15) is 0 Å². The highest BCUT2D eigenvalue weighted by Crippen LogP contribution is 2.29. The predicted octanol–water partition coefficient (Wildman–Crippen LogP) is 3.95. The zero-order valence-electron chi connectivity index (χ0n) is 14.6. The number of nitrogens with zero attached hydrogens (tertiary/aromatic N) is 1. The number of halogens is 3. The van der Waals surface area contributed by atoms with Crippen LogP contribution in [0.25, 0.3) is 0 Å². The van der Waals surface area contributed by atoms with Crippen LogP contribution in [0, 0.1) is 0 Å². The molecule has 1 aliphatic rings. The first kappa shape index (κ1) is 18.3. The van der Waals surface area contributed by atoms with Gasteiger partial charge in [-0.05, 0) is 47.7 Å². The van der Waals surface area contributed by atoms with E-state index in [0.29, 0.717) is 12.1 Å². The molecule has 2 aromatic rings. The Morgan fingerprint density at radius 2 is 1.81 bits per heavy atom. The van der Waals surface area contributed by atoms with Crippen molar-refractivity contribution in [2.75, 3.05) is 18.5 Å². The first-order valence-corrected chi connectivity index (χ1v) is 8.59. The zero-order valence-corrected chi connectivity index (χ0v) is 14.6. The molecule has 6 heteroatoms. The second kappa shape index (κ2) is 7.40. The third-order valence-corrected chi connectivity index (χ3v) is 4.63. The zero-order chi connectivity index (χ0) is 18.7. The van der Waals surface area contributed by atoms with Crippen molar-refractivity contribution >= 4 is 11.6 Å². The van der Waals surface area contributed by atoms with Crippen LogP contribution in [0.4, 0.5) is 18.9 Å². The number of carbonyl (C=O) groups is 1. The lowest BCUT2D eigenvalue weighted by atomic mass is 9.99. The molecule has 2 aromatic carbocycles. The fourth-order valence-corrected chi connectivity index (χ4v) is 3.21. The summed E-state index contributed by atoms with van der Waals surface area (Å²) in [5.74, 6) is -0.209. The van der Waals surface area contributed by atoms with Crippen LogP contribution >= 0.6 is 0 Å². The molecule has 0 aliphatic carbocycles. The number of nitrogens with one attached hydrogen (secondary N) is 1. The number of anilines is 1. The van der Waals surface area contributed by atoms with E-state index < -0.39 is 11.7 Å². The first-order chi connectivity index (χ1) is 12.3. The minimum Gasteiger partial charge on any atom is -0.374 e. The van der Waals surface area contributed by atoms with Crippen molar-refractivity contribution in [3.63, 3.8) is 0 Å². The van der Waals surface area contributed by atoms with Gasteiger partial charge in [-0.25, -0.2) is 0 Å². The van der Waals surface area contributed by atoms with E-state index >= 15 is 0 Å². The van der Waals surface area contributed by atoms with Gasteiger partial charge in [0, 0.05) is 25.8 Å². The van der Waals surface area contributed by atoms with Gasteiger partial charge >= 0.3 is 6.18 Å². The maximum absolute atomic E-state index is 12.6. The fourth-order valence-electron chi connectivity index (χ4n) is 3.21. The molecule has 0 radical (unpaired) electrons. The molecule has 0 aromatic heterocycles. The number of fused-ring (bicyclic) bond motifs is 1. The first-order valence-electron chi connectivity index (χ1n) is 8.59. The summed E-state index contributed by atoms with van der Waals surface area (Å²) in [5, 5.41) is 2.84. The maximum Gasteiger partial charge on any atom is 0.416 e. The standard InChI is InChI=1S/C20H21F3N2O/c1-25-10-2-3-16-11-15(6-9-18(16)25)13-24-19(26)12-14-4-7-17(8-5-14)20(21,22)23/h4-9,11H,2-3,10,12-13H2,1H3,(H,24,26). The molecule has 0 saturated heterocycles. The SMILES string of the molecule is CN1CCCc2cc(CNC(=O)Cc3ccc(C(F)(F)F)cc3)ccc21. The molecule has 1 aliphatic heterocycles. The molecule has 0 saturated carbocycles. The Morgan fingerprint density at radius 3 is 2.50 bits per heavy atom. The van der Waals surface area contributed by atoms with Crippen LogP contribution < -0.4 is 10.2 Å². The summed E-state index contributed by atoms with van der Waals surface area (Å²) in [6, 6.07) is 10.9. The average molecular weight is 362 g/mol. The highest BCUT2D eigenvalue weighted by molar-refractivity contribution is 5.78. The van der Waals surface area contributed by atoms with Crippen LogP contribution in [0.15, 0.2) is 42.5 Å². The van der Waals surface area contributed by atoms with Gasteiger partial charge in [0.2, 0.25) is 5.91 Å². The minimum atomic E-state index is -4.36. The molecule has 0 bridgehead atoms. The molecule has 1 amide bonds. The molecule has 1 N–H and O–H groups in total. The van der Waals surface area contributed by atoms with E-state index in [-0.39, 0.29) is 12.3 Å². The molecule has 3 nitrogen and oxygen atoms in total. The molecule has 0 unspecified atom stereocenters. The predicted molar refractivity (Wildman–Crippen MR) is 95.0 cm³/mol. The van der Waals surface area contributed by atoms with Crippen molar-refractivity contribution in [3.8, 4) is 0 Å². The van der Waals surface area contributed by atoms with Crippen molar-refractivity contribution in [2.24, 2.45) is 0 Å². The molecule has 138 valence electrons. The fraction of sp³-hybridized carbons (Fsp3) is 0.350. The Hall–Kier alpha value is -2.50. The van der Waals surface area contributed by atoms with Gasteiger partial charge < -0.3 is 10.2 Å². The number of rotatable bonds is 4. The number of carbonyl (C=O) groups excluding carboxylic acids is 1. The van der Waals surface area contributed by atoms with Crippen LogP contribution in [-0.2, 0) is 30.4 Å². The molecule has 0 fully saturated rings. The summed E-state index contributed by atoms with van der Waals surface area (Å²) in [4.78, 5) is 14.3. The lowest BCUT2D eigenvalue weighted by Gasteiger charge is -2.27. The summed E-state index contributed by atoms with van der Waals surface area (Å²) in [5.41, 5.74) is 3.40. The number of alkyl halides is 3. The van der Waals surface area contributed by atoms with Crippen molar-refractivity contribution in [1.29, 1.82) is 0 Å². The third-order valence-electron chi connectivity index (χ3n) is 4.63. The molecule has 0 spiro atoms. The number of amides is 1. The smallest absolute Gasteiger partial charge is 0.374 e. The second-order valence-electron chi connectivity index (χ2n) is 6.64. The van der Waals surface area contributed by atoms with Gasteiger partial charge in [-0.2, -0.15) is 13.2 Å². The number of benzene rings is 2. The van der Waals surface area contributed by atoms with Crippen LogP contribution in [-0.4, -0.2) is 19.5 Å². The molecule has 3 rings (SSSR count). The van der Waals surface area contributed by atoms with Crippen molar-refractivity contribution in [2.45, 2.75) is 32.0 Å². The van der Waals surface area contributed by atoms with E-state index in [1.165, 1.54) is 23.4 Å². The van der Waals surface area contributed by atoms with Crippen LogP contribution in [0.5, 0.6) is 0 Å². The minimum absolute atomic E-state index is 0.0613. The van der Waals surface area contributed by atoms with Crippen LogP contribution in [0.2, 0.25) is 0 Å². The normalized spacial score (nSPS) is 14.1. The van der Waals surface area contributed by atoms with Crippen molar-refractivity contribution in [1.82, 2.24) is 5.32 Å². The monoisotopic (exact) mass is 362 g/mol. The van der Waals surface area contributed by atoms with E-state index in [9.17, 15) is 18.0 Å². The number of hydrogen-bond donors (Lipinski definition) is 1. The van der Waals surface area contributed by atoms with E-state index in [4.69, 9.17) is 0 Å². The summed E-state index contributed by atoms with van der Waals surface area (Å²) in [6.07, 6.45) is -2.15. The molecular formula is C20H21F3N2O. The molecule has 0 atom stereocenters. The van der Waals surface area contributed by atoms with Crippen molar-refractivity contribution < 1.29 is 18.0 Å². The second-order valence-corrected chi connectivity index (χ2v) is 6.64. The van der Waals surface area contributed by atoms with E-state index in [1.54, 1.807) is 0 Å². The molecular weight excluding hydrogens is 341 g/mol. The highest BCUT2D eigenvalue weighted by atomic mass is 19.4. The maximum atomic E-state index is 12.6. The Balaban J connectivity index is 1.56. The van der Waals surface area contributed by atoms with Gasteiger partial charge in [0.15, 0.2) is 0 Å². The van der Waals surface area contributed by atoms with E-state index in [1.807, 2.05) is 6.07 Å². The Morgan fingerprint density at radius 1 is 1.12 bits per heavy atom. The Labute approximate surface area is 150 Å². The highest BCUT2D eigenvalue weighted by Gasteiger charge is 2.29. The topological polar surface area (TPSA) is 32.3 Å². The van der Waals surface area contributed by atoms with Gasteiger partial charge in [-0.15, -0.1) is 0 Å². The Bertz CT molecular complexity index is 785. The van der Waals surface area contributed by atoms with Crippen LogP contribution in [0.1, 0.15) is 28.7 Å².